The molecular weight excluding hydrogens is 506 g/mol. The lowest BCUT2D eigenvalue weighted by atomic mass is 9.83. The minimum atomic E-state index is -5.28. The molecule has 1 aliphatic rings. The number of alkyl halides is 3. The highest BCUT2D eigenvalue weighted by Crippen LogP contribution is 2.47. The molecule has 5 rings (SSSR count). The van der Waals surface area contributed by atoms with Crippen LogP contribution in [0.25, 0.3) is 22.2 Å². The number of benzene rings is 2. The zero-order valence-corrected chi connectivity index (χ0v) is 19.9. The third-order valence-corrected chi connectivity index (χ3v) is 6.65. The molecule has 0 spiro atoms. The summed E-state index contributed by atoms with van der Waals surface area (Å²) in [6.07, 6.45) is -4.74. The van der Waals surface area contributed by atoms with E-state index in [4.69, 9.17) is 4.74 Å². The number of H-pyrrole nitrogens is 1. The molecule has 2 aromatic carbocycles. The van der Waals surface area contributed by atoms with Gasteiger partial charge in [-0.25, -0.2) is 9.37 Å². The van der Waals surface area contributed by atoms with E-state index in [-0.39, 0.29) is 34.9 Å². The number of rotatable bonds is 6. The number of carbonyl (C=O) groups excluding carboxylic acids is 2. The van der Waals surface area contributed by atoms with Crippen LogP contribution in [0.2, 0.25) is 0 Å². The molecule has 7 nitrogen and oxygen atoms in total. The number of para-hydroxylation sites is 1. The second-order valence-electron chi connectivity index (χ2n) is 9.37. The summed E-state index contributed by atoms with van der Waals surface area (Å²) >= 11 is 0. The SMILES string of the molecule is C[C@]1(C=O)COc2c1cc(C(O)(CNC(=O)c1cc3ccccc3[nH]1)C(F)(F)F)nc2-c1ccc(F)cc1. The number of fused-ring (bicyclic) bond motifs is 2. The summed E-state index contributed by atoms with van der Waals surface area (Å²) in [4.78, 5) is 31.5. The Labute approximate surface area is 213 Å². The van der Waals surface area contributed by atoms with Crippen LogP contribution in [-0.2, 0) is 15.8 Å². The highest BCUT2D eigenvalue weighted by atomic mass is 19.4. The second kappa shape index (κ2) is 8.95. The average molecular weight is 527 g/mol. The Hall–Kier alpha value is -4.25. The maximum absolute atomic E-state index is 14.4. The van der Waals surface area contributed by atoms with Gasteiger partial charge in [-0.15, -0.1) is 0 Å². The minimum absolute atomic E-state index is 0.00608. The van der Waals surface area contributed by atoms with E-state index in [2.05, 4.69) is 15.3 Å². The van der Waals surface area contributed by atoms with Crippen LogP contribution in [0.1, 0.15) is 28.7 Å². The molecule has 4 aromatic rings. The number of aromatic nitrogens is 2. The molecule has 2 aromatic heterocycles. The molecule has 0 saturated carbocycles. The van der Waals surface area contributed by atoms with E-state index in [9.17, 15) is 32.3 Å². The van der Waals surface area contributed by atoms with Crippen LogP contribution in [0.3, 0.4) is 0 Å². The van der Waals surface area contributed by atoms with Crippen molar-refractivity contribution in [3.05, 3.63) is 83.4 Å². The second-order valence-corrected chi connectivity index (χ2v) is 9.37. The summed E-state index contributed by atoms with van der Waals surface area (Å²) in [6.45, 7) is 0.0547. The predicted molar refractivity (Wildman–Crippen MR) is 129 cm³/mol. The molecule has 0 radical (unpaired) electrons. The summed E-state index contributed by atoms with van der Waals surface area (Å²) < 4.78 is 62.4. The molecule has 1 aliphatic heterocycles. The number of ether oxygens (including phenoxy) is 1. The first-order valence-electron chi connectivity index (χ1n) is 11.5. The molecule has 0 bridgehead atoms. The van der Waals surface area contributed by atoms with Crippen molar-refractivity contribution >= 4 is 23.1 Å². The molecule has 2 atom stereocenters. The van der Waals surface area contributed by atoms with Gasteiger partial charge >= 0.3 is 6.18 Å². The van der Waals surface area contributed by atoms with Gasteiger partial charge in [0, 0.05) is 22.0 Å². The highest BCUT2D eigenvalue weighted by Gasteiger charge is 2.57. The third-order valence-electron chi connectivity index (χ3n) is 6.65. The molecule has 0 fully saturated rings. The Morgan fingerprint density at radius 2 is 1.89 bits per heavy atom. The lowest BCUT2D eigenvalue weighted by molar-refractivity contribution is -0.265. The maximum atomic E-state index is 14.4. The van der Waals surface area contributed by atoms with E-state index in [0.29, 0.717) is 17.2 Å². The average Bonchev–Trinajstić information content (AvgIpc) is 3.48. The molecule has 1 amide bonds. The molecule has 3 heterocycles. The van der Waals surface area contributed by atoms with Crippen molar-refractivity contribution in [2.45, 2.75) is 24.1 Å². The molecule has 1 unspecified atom stereocenters. The van der Waals surface area contributed by atoms with Crippen LogP contribution in [0.5, 0.6) is 5.75 Å². The third kappa shape index (κ3) is 4.18. The predicted octanol–water partition coefficient (Wildman–Crippen LogP) is 4.40. The number of halogens is 4. The van der Waals surface area contributed by atoms with E-state index < -0.39 is 41.2 Å². The van der Waals surface area contributed by atoms with Crippen molar-refractivity contribution in [1.29, 1.82) is 0 Å². The van der Waals surface area contributed by atoms with Gasteiger partial charge in [-0.05, 0) is 49.4 Å². The number of carbonyl (C=O) groups is 2. The van der Waals surface area contributed by atoms with Gasteiger partial charge in [0.25, 0.3) is 5.91 Å². The van der Waals surface area contributed by atoms with Gasteiger partial charge in [0.1, 0.15) is 35.8 Å². The monoisotopic (exact) mass is 527 g/mol. The topological polar surface area (TPSA) is 104 Å². The summed E-state index contributed by atoms with van der Waals surface area (Å²) in [5.41, 5.74) is -4.99. The largest absolute Gasteiger partial charge is 0.490 e. The van der Waals surface area contributed by atoms with Gasteiger partial charge in [-0.3, -0.25) is 4.79 Å². The Morgan fingerprint density at radius 3 is 2.55 bits per heavy atom. The van der Waals surface area contributed by atoms with Crippen LogP contribution in [0, 0.1) is 5.82 Å². The highest BCUT2D eigenvalue weighted by molar-refractivity contribution is 5.98. The molecular formula is C27H21F4N3O4. The van der Waals surface area contributed by atoms with Gasteiger partial charge in [0.2, 0.25) is 5.60 Å². The molecule has 0 saturated heterocycles. The van der Waals surface area contributed by atoms with E-state index >= 15 is 0 Å². The van der Waals surface area contributed by atoms with E-state index in [1.807, 2.05) is 0 Å². The number of hydrogen-bond acceptors (Lipinski definition) is 5. The summed E-state index contributed by atoms with van der Waals surface area (Å²) in [5.74, 6) is -1.39. The molecule has 0 aliphatic carbocycles. The lowest BCUT2D eigenvalue weighted by Crippen LogP contribution is -2.51. The minimum Gasteiger partial charge on any atom is -0.490 e. The first kappa shape index (κ1) is 25.4. The molecule has 11 heteroatoms. The Morgan fingerprint density at radius 1 is 1.18 bits per heavy atom. The van der Waals surface area contributed by atoms with Crippen molar-refractivity contribution in [1.82, 2.24) is 15.3 Å². The maximum Gasteiger partial charge on any atom is 0.424 e. The first-order chi connectivity index (χ1) is 17.9. The quantitative estimate of drug-likeness (QED) is 0.255. The number of aromatic amines is 1. The van der Waals surface area contributed by atoms with Crippen LogP contribution < -0.4 is 10.1 Å². The Balaban J connectivity index is 1.58. The van der Waals surface area contributed by atoms with Crippen molar-refractivity contribution < 1.29 is 37.0 Å². The number of nitrogens with one attached hydrogen (secondary N) is 2. The molecule has 196 valence electrons. The zero-order valence-electron chi connectivity index (χ0n) is 19.9. The molecule has 3 N–H and O–H groups in total. The smallest absolute Gasteiger partial charge is 0.424 e. The fraction of sp³-hybridized carbons (Fsp3) is 0.222. The fourth-order valence-electron chi connectivity index (χ4n) is 4.35. The zero-order chi connectivity index (χ0) is 27.3. The first-order valence-corrected chi connectivity index (χ1v) is 11.5. The van der Waals surface area contributed by atoms with Gasteiger partial charge < -0.3 is 24.9 Å². The van der Waals surface area contributed by atoms with Crippen LogP contribution in [0.4, 0.5) is 17.6 Å². The lowest BCUT2D eigenvalue weighted by Gasteiger charge is -2.31. The summed E-state index contributed by atoms with van der Waals surface area (Å²) in [6, 6.07) is 14.1. The molecule has 38 heavy (non-hydrogen) atoms. The van der Waals surface area contributed by atoms with E-state index in [1.54, 1.807) is 24.3 Å². The van der Waals surface area contributed by atoms with E-state index in [1.165, 1.54) is 25.1 Å². The van der Waals surface area contributed by atoms with Crippen molar-refractivity contribution in [2.75, 3.05) is 13.2 Å². The van der Waals surface area contributed by atoms with E-state index in [0.717, 1.165) is 18.2 Å². The number of hydrogen-bond donors (Lipinski definition) is 3. The van der Waals surface area contributed by atoms with Gasteiger partial charge in [-0.2, -0.15) is 13.2 Å². The fourth-order valence-corrected chi connectivity index (χ4v) is 4.35. The number of nitrogens with zero attached hydrogens (tertiary/aromatic N) is 1. The van der Waals surface area contributed by atoms with Crippen LogP contribution in [-0.4, -0.2) is 46.6 Å². The summed E-state index contributed by atoms with van der Waals surface area (Å²) in [7, 11) is 0. The number of pyridine rings is 1. The van der Waals surface area contributed by atoms with Crippen molar-refractivity contribution in [3.63, 3.8) is 0 Å². The van der Waals surface area contributed by atoms with Crippen molar-refractivity contribution in [3.8, 4) is 17.0 Å². The van der Waals surface area contributed by atoms with Crippen molar-refractivity contribution in [2.24, 2.45) is 0 Å². The number of amides is 1. The van der Waals surface area contributed by atoms with Crippen LogP contribution in [0.15, 0.2) is 60.7 Å². The number of aldehydes is 1. The Bertz CT molecular complexity index is 1520. The standard InChI is InChI=1S/C27H21F4N3O4/c1-25(13-35)14-38-23-18(25)11-21(34-22(23)15-6-8-17(28)9-7-15)26(37,27(29,30)31)12-32-24(36)20-10-16-4-2-3-5-19(16)33-20/h2-11,13,33,37H,12,14H2,1H3,(H,32,36)/t25-,26?/m0/s1. The Kier molecular flexibility index (Phi) is 5.98. The van der Waals surface area contributed by atoms with Gasteiger partial charge in [0.15, 0.2) is 0 Å². The van der Waals surface area contributed by atoms with Gasteiger partial charge in [-0.1, -0.05) is 18.2 Å². The van der Waals surface area contributed by atoms with Crippen LogP contribution >= 0.6 is 0 Å². The van der Waals surface area contributed by atoms with Gasteiger partial charge in [0.05, 0.1) is 17.7 Å². The number of aliphatic hydroxyl groups is 1. The summed E-state index contributed by atoms with van der Waals surface area (Å²) in [5, 5.41) is 13.9. The normalized spacial score (nSPS) is 18.5.